The van der Waals surface area contributed by atoms with Crippen LogP contribution in [0.15, 0.2) is 36.7 Å². The van der Waals surface area contributed by atoms with Crippen LogP contribution in [0, 0.1) is 5.92 Å². The monoisotopic (exact) mass is 388 g/mol. The molecule has 3 rings (SSSR count). The number of aliphatic carboxylic acids is 1. The first kappa shape index (κ1) is 18.8. The Labute approximate surface area is 160 Å². The van der Waals surface area contributed by atoms with Crippen LogP contribution < -0.4 is 5.32 Å². The molecule has 2 amide bonds. The maximum absolute atomic E-state index is 12.8. The highest BCUT2D eigenvalue weighted by atomic mass is 35.5. The van der Waals surface area contributed by atoms with Crippen molar-refractivity contribution in [3.63, 3.8) is 0 Å². The van der Waals surface area contributed by atoms with Gasteiger partial charge in [0.2, 0.25) is 0 Å². The number of piperidine rings is 1. The zero-order chi connectivity index (χ0) is 19.4. The fraction of sp³-hybridized carbons (Fsp3) is 0.278. The van der Waals surface area contributed by atoms with Gasteiger partial charge in [0.25, 0.3) is 11.8 Å². The van der Waals surface area contributed by atoms with E-state index in [2.05, 4.69) is 15.3 Å². The normalized spacial score (nSPS) is 14.6. The highest BCUT2D eigenvalue weighted by molar-refractivity contribution is 6.30. The zero-order valence-electron chi connectivity index (χ0n) is 14.3. The number of nitrogens with one attached hydrogen (secondary N) is 1. The number of carbonyl (C=O) groups excluding carboxylic acids is 2. The second kappa shape index (κ2) is 8.13. The number of nitrogens with zero attached hydrogens (tertiary/aromatic N) is 3. The first-order valence-corrected chi connectivity index (χ1v) is 8.73. The minimum atomic E-state index is -0.857. The average molecular weight is 389 g/mol. The van der Waals surface area contributed by atoms with Gasteiger partial charge in [0.15, 0.2) is 11.4 Å². The van der Waals surface area contributed by atoms with E-state index >= 15 is 0 Å². The molecule has 0 saturated carbocycles. The molecule has 0 radical (unpaired) electrons. The van der Waals surface area contributed by atoms with Gasteiger partial charge in [0.05, 0.1) is 5.92 Å². The van der Waals surface area contributed by atoms with E-state index in [0.717, 1.165) is 0 Å². The van der Waals surface area contributed by atoms with Gasteiger partial charge in [-0.3, -0.25) is 14.4 Å². The second-order valence-corrected chi connectivity index (χ2v) is 6.56. The number of likely N-dealkylation sites (tertiary alicyclic amines) is 1. The largest absolute Gasteiger partial charge is 0.481 e. The molecule has 1 aliphatic heterocycles. The number of carbonyl (C=O) groups is 3. The van der Waals surface area contributed by atoms with E-state index < -0.39 is 23.7 Å². The predicted octanol–water partition coefficient (Wildman–Crippen LogP) is 2.32. The Kier molecular flexibility index (Phi) is 5.66. The minimum Gasteiger partial charge on any atom is -0.481 e. The van der Waals surface area contributed by atoms with E-state index in [-0.39, 0.29) is 11.4 Å². The molecular formula is C18H17ClN4O4. The van der Waals surface area contributed by atoms with Crippen molar-refractivity contribution in [2.24, 2.45) is 5.92 Å². The number of halogens is 1. The molecule has 1 saturated heterocycles. The lowest BCUT2D eigenvalue weighted by atomic mass is 9.97. The summed E-state index contributed by atoms with van der Waals surface area (Å²) in [5.74, 6) is -2.31. The maximum atomic E-state index is 12.8. The van der Waals surface area contributed by atoms with Gasteiger partial charge < -0.3 is 15.3 Å². The summed E-state index contributed by atoms with van der Waals surface area (Å²) in [4.78, 5) is 45.9. The van der Waals surface area contributed by atoms with Crippen molar-refractivity contribution < 1.29 is 19.5 Å². The molecule has 0 bridgehead atoms. The molecule has 1 aromatic heterocycles. The summed E-state index contributed by atoms with van der Waals surface area (Å²) in [6.07, 6.45) is 3.42. The van der Waals surface area contributed by atoms with E-state index in [4.69, 9.17) is 16.7 Å². The number of hydrogen-bond donors (Lipinski definition) is 2. The molecule has 0 spiro atoms. The van der Waals surface area contributed by atoms with Gasteiger partial charge in [-0.25, -0.2) is 9.97 Å². The Morgan fingerprint density at radius 3 is 2.22 bits per heavy atom. The van der Waals surface area contributed by atoms with Crippen LogP contribution in [0.2, 0.25) is 5.02 Å². The number of aromatic nitrogens is 2. The fourth-order valence-corrected chi connectivity index (χ4v) is 2.99. The van der Waals surface area contributed by atoms with Gasteiger partial charge in [0.1, 0.15) is 0 Å². The summed E-state index contributed by atoms with van der Waals surface area (Å²) >= 11 is 5.83. The number of hydrogen-bond acceptors (Lipinski definition) is 5. The maximum Gasteiger partial charge on any atom is 0.306 e. The Balaban J connectivity index is 1.75. The SMILES string of the molecule is O=C(Nc1ccc(Cl)cc1)c1nccnc1C(=O)N1CCC(C(=O)O)CC1. The number of amides is 2. The van der Waals surface area contributed by atoms with Crippen molar-refractivity contribution in [3.05, 3.63) is 53.1 Å². The quantitative estimate of drug-likeness (QED) is 0.831. The lowest BCUT2D eigenvalue weighted by Crippen LogP contribution is -2.41. The van der Waals surface area contributed by atoms with E-state index in [1.165, 1.54) is 17.3 Å². The predicted molar refractivity (Wildman–Crippen MR) is 97.7 cm³/mol. The lowest BCUT2D eigenvalue weighted by molar-refractivity contribution is -0.143. The molecule has 140 valence electrons. The van der Waals surface area contributed by atoms with Crippen LogP contribution in [0.1, 0.15) is 33.8 Å². The first-order valence-electron chi connectivity index (χ1n) is 8.35. The summed E-state index contributed by atoms with van der Waals surface area (Å²) in [5.41, 5.74) is 0.367. The van der Waals surface area contributed by atoms with E-state index in [0.29, 0.717) is 36.6 Å². The molecule has 1 aliphatic rings. The second-order valence-electron chi connectivity index (χ2n) is 6.12. The van der Waals surface area contributed by atoms with Crippen LogP contribution in [-0.2, 0) is 4.79 Å². The molecule has 8 nitrogen and oxygen atoms in total. The lowest BCUT2D eigenvalue weighted by Gasteiger charge is -2.30. The number of anilines is 1. The van der Waals surface area contributed by atoms with Gasteiger partial charge in [-0.2, -0.15) is 0 Å². The van der Waals surface area contributed by atoms with Crippen molar-refractivity contribution in [1.82, 2.24) is 14.9 Å². The molecule has 27 heavy (non-hydrogen) atoms. The van der Waals surface area contributed by atoms with Crippen molar-refractivity contribution in [1.29, 1.82) is 0 Å². The highest BCUT2D eigenvalue weighted by Crippen LogP contribution is 2.20. The Bertz CT molecular complexity index is 864. The number of carboxylic acid groups (broad SMARTS) is 1. The molecule has 1 fully saturated rings. The molecule has 2 heterocycles. The molecular weight excluding hydrogens is 372 g/mol. The van der Waals surface area contributed by atoms with Crippen molar-refractivity contribution in [2.45, 2.75) is 12.8 Å². The van der Waals surface area contributed by atoms with Crippen LogP contribution in [0.4, 0.5) is 5.69 Å². The van der Waals surface area contributed by atoms with E-state index in [1.807, 2.05) is 0 Å². The zero-order valence-corrected chi connectivity index (χ0v) is 15.0. The van der Waals surface area contributed by atoms with Crippen LogP contribution in [0.5, 0.6) is 0 Å². The Morgan fingerprint density at radius 2 is 1.63 bits per heavy atom. The van der Waals surface area contributed by atoms with Crippen LogP contribution in [-0.4, -0.2) is 50.8 Å². The van der Waals surface area contributed by atoms with Gasteiger partial charge in [-0.15, -0.1) is 0 Å². The van der Waals surface area contributed by atoms with Crippen molar-refractivity contribution >= 4 is 35.1 Å². The number of benzene rings is 1. The topological polar surface area (TPSA) is 112 Å². The smallest absolute Gasteiger partial charge is 0.306 e. The van der Waals surface area contributed by atoms with Crippen molar-refractivity contribution in [2.75, 3.05) is 18.4 Å². The third kappa shape index (κ3) is 4.40. The van der Waals surface area contributed by atoms with Gasteiger partial charge in [-0.05, 0) is 37.1 Å². The molecule has 2 N–H and O–H groups in total. The molecule has 2 aromatic rings. The summed E-state index contributed by atoms with van der Waals surface area (Å²) in [7, 11) is 0. The van der Waals surface area contributed by atoms with Crippen LogP contribution in [0.3, 0.4) is 0 Å². The van der Waals surface area contributed by atoms with Gasteiger partial charge in [0, 0.05) is 36.2 Å². The number of rotatable bonds is 4. The summed E-state index contributed by atoms with van der Waals surface area (Å²) < 4.78 is 0. The summed E-state index contributed by atoms with van der Waals surface area (Å²) in [5, 5.41) is 12.3. The van der Waals surface area contributed by atoms with Gasteiger partial charge in [-0.1, -0.05) is 11.6 Å². The molecule has 1 aromatic carbocycles. The van der Waals surface area contributed by atoms with Gasteiger partial charge >= 0.3 is 5.97 Å². The van der Waals surface area contributed by atoms with E-state index in [9.17, 15) is 14.4 Å². The van der Waals surface area contributed by atoms with E-state index in [1.54, 1.807) is 24.3 Å². The standard InChI is InChI=1S/C18H17ClN4O4/c19-12-1-3-13(4-2-12)22-16(24)14-15(21-8-7-20-14)17(25)23-9-5-11(6-10-23)18(26)27/h1-4,7-8,11H,5-6,9-10H2,(H,22,24)(H,26,27). The fourth-order valence-electron chi connectivity index (χ4n) is 2.86. The molecule has 9 heteroatoms. The Morgan fingerprint density at radius 1 is 1.04 bits per heavy atom. The molecule has 0 aliphatic carbocycles. The Hall–Kier alpha value is -3.00. The average Bonchev–Trinajstić information content (AvgIpc) is 2.69. The highest BCUT2D eigenvalue weighted by Gasteiger charge is 2.30. The number of carboxylic acids is 1. The summed E-state index contributed by atoms with van der Waals surface area (Å²) in [6.45, 7) is 0.592. The third-order valence-corrected chi connectivity index (χ3v) is 4.60. The third-order valence-electron chi connectivity index (χ3n) is 4.35. The van der Waals surface area contributed by atoms with Crippen LogP contribution >= 0.6 is 11.6 Å². The minimum absolute atomic E-state index is 0.0576. The van der Waals surface area contributed by atoms with Crippen molar-refractivity contribution in [3.8, 4) is 0 Å². The summed E-state index contributed by atoms with van der Waals surface area (Å²) in [6, 6.07) is 6.53. The molecule has 0 unspecified atom stereocenters. The van der Waals surface area contributed by atoms with Crippen LogP contribution in [0.25, 0.3) is 0 Å². The molecule has 0 atom stereocenters. The first-order chi connectivity index (χ1) is 13.0.